The first-order chi connectivity index (χ1) is 8.67. The van der Waals surface area contributed by atoms with Gasteiger partial charge in [-0.3, -0.25) is 0 Å². The summed E-state index contributed by atoms with van der Waals surface area (Å²) >= 11 is 3.35. The molecule has 0 spiro atoms. The smallest absolute Gasteiger partial charge is 0.160 e. The molecule has 4 heteroatoms. The lowest BCUT2D eigenvalue weighted by Gasteiger charge is -2.26. The maximum absolute atomic E-state index is 4.69. The van der Waals surface area contributed by atoms with Gasteiger partial charge in [-0.1, -0.05) is 42.6 Å². The highest BCUT2D eigenvalue weighted by atomic mass is 79.9. The fraction of sp³-hybridized carbons (Fsp3) is 0.571. The minimum atomic E-state index is 0.546. The molecule has 1 heterocycles. The zero-order valence-electron chi connectivity index (χ0n) is 11.5. The summed E-state index contributed by atoms with van der Waals surface area (Å²) < 4.78 is 0. The van der Waals surface area contributed by atoms with E-state index in [1.807, 2.05) is 6.92 Å². The number of hydrazone groups is 1. The Morgan fingerprint density at radius 1 is 1.44 bits per heavy atom. The standard InChI is InChI=1S/C14H22BrN3/c1-5-7-12(8-6-2)13-9-11(3)18(16-4)14(10-15)17-13/h9-10,12H,4-8H2,1-3H3/b14-10+. The van der Waals surface area contributed by atoms with Gasteiger partial charge in [-0.25, -0.2) is 10.0 Å². The minimum absolute atomic E-state index is 0.546. The van der Waals surface area contributed by atoms with Gasteiger partial charge in [-0.2, -0.15) is 5.10 Å². The van der Waals surface area contributed by atoms with E-state index >= 15 is 0 Å². The summed E-state index contributed by atoms with van der Waals surface area (Å²) in [6, 6.07) is 0. The molecule has 3 nitrogen and oxygen atoms in total. The van der Waals surface area contributed by atoms with Gasteiger partial charge in [-0.05, 0) is 25.8 Å². The maximum Gasteiger partial charge on any atom is 0.160 e. The summed E-state index contributed by atoms with van der Waals surface area (Å²) in [6.45, 7) is 10.1. The average Bonchev–Trinajstić information content (AvgIpc) is 2.37. The third-order valence-corrected chi connectivity index (χ3v) is 3.49. The summed E-state index contributed by atoms with van der Waals surface area (Å²) in [7, 11) is 0. The number of rotatable bonds is 6. The molecule has 0 aromatic heterocycles. The molecule has 0 saturated heterocycles. The normalized spacial score (nSPS) is 18.1. The van der Waals surface area contributed by atoms with E-state index in [-0.39, 0.29) is 0 Å². The number of hydrogen-bond acceptors (Lipinski definition) is 3. The molecule has 18 heavy (non-hydrogen) atoms. The highest BCUT2D eigenvalue weighted by Gasteiger charge is 2.21. The minimum Gasteiger partial charge on any atom is -0.233 e. The van der Waals surface area contributed by atoms with E-state index in [2.05, 4.69) is 52.7 Å². The molecule has 0 bridgehead atoms. The van der Waals surface area contributed by atoms with Crippen LogP contribution >= 0.6 is 15.9 Å². The zero-order valence-corrected chi connectivity index (χ0v) is 13.1. The Bertz CT molecular complexity index is 377. The maximum atomic E-state index is 4.69. The lowest BCUT2D eigenvalue weighted by molar-refractivity contribution is 0.447. The van der Waals surface area contributed by atoms with Gasteiger partial charge in [-0.15, -0.1) is 0 Å². The Morgan fingerprint density at radius 3 is 2.50 bits per heavy atom. The zero-order chi connectivity index (χ0) is 13.5. The molecule has 0 radical (unpaired) electrons. The molecule has 100 valence electrons. The van der Waals surface area contributed by atoms with Crippen LogP contribution in [-0.2, 0) is 0 Å². The molecule has 0 atom stereocenters. The van der Waals surface area contributed by atoms with Crippen molar-refractivity contribution >= 4 is 28.4 Å². The van der Waals surface area contributed by atoms with Crippen LogP contribution < -0.4 is 0 Å². The SMILES string of the molecule is C=NN1C(C)=CC(C(CCC)CCC)=N/C1=C\Br. The van der Waals surface area contributed by atoms with Crippen LogP contribution in [-0.4, -0.2) is 17.4 Å². The molecule has 0 aliphatic carbocycles. The van der Waals surface area contributed by atoms with E-state index < -0.39 is 0 Å². The first kappa shape index (κ1) is 15.2. The fourth-order valence-corrected chi connectivity index (χ4v) is 2.56. The van der Waals surface area contributed by atoms with Gasteiger partial charge in [0.2, 0.25) is 0 Å². The Morgan fingerprint density at radius 2 is 2.06 bits per heavy atom. The second kappa shape index (κ2) is 7.52. The molecule has 0 aromatic carbocycles. The first-order valence-electron chi connectivity index (χ1n) is 6.51. The Labute approximate surface area is 118 Å². The summed E-state index contributed by atoms with van der Waals surface area (Å²) in [5.74, 6) is 1.35. The monoisotopic (exact) mass is 311 g/mol. The molecule has 0 aromatic rings. The van der Waals surface area contributed by atoms with E-state index in [0.717, 1.165) is 11.5 Å². The highest BCUT2D eigenvalue weighted by Crippen LogP contribution is 2.26. The van der Waals surface area contributed by atoms with Crippen molar-refractivity contribution in [3.8, 4) is 0 Å². The second-order valence-corrected chi connectivity index (χ2v) is 4.98. The van der Waals surface area contributed by atoms with Crippen LogP contribution in [0.5, 0.6) is 0 Å². The van der Waals surface area contributed by atoms with Crippen LogP contribution in [0.1, 0.15) is 46.5 Å². The van der Waals surface area contributed by atoms with Crippen molar-refractivity contribution in [1.29, 1.82) is 0 Å². The van der Waals surface area contributed by atoms with Crippen molar-refractivity contribution in [2.75, 3.05) is 0 Å². The Balaban J connectivity index is 3.01. The third-order valence-electron chi connectivity index (χ3n) is 3.08. The largest absolute Gasteiger partial charge is 0.233 e. The van der Waals surface area contributed by atoms with Crippen LogP contribution in [0.15, 0.2) is 32.7 Å². The Hall–Kier alpha value is -0.900. The van der Waals surface area contributed by atoms with E-state index in [1.165, 1.54) is 31.4 Å². The number of halogens is 1. The van der Waals surface area contributed by atoms with Gasteiger partial charge in [0.05, 0.1) is 0 Å². The topological polar surface area (TPSA) is 28.0 Å². The van der Waals surface area contributed by atoms with Crippen molar-refractivity contribution in [1.82, 2.24) is 5.01 Å². The molecular formula is C14H22BrN3. The number of allylic oxidation sites excluding steroid dienone is 2. The molecule has 1 aliphatic heterocycles. The third kappa shape index (κ3) is 3.55. The van der Waals surface area contributed by atoms with Gasteiger partial charge < -0.3 is 0 Å². The summed E-state index contributed by atoms with van der Waals surface area (Å²) in [6.07, 6.45) is 6.88. The molecule has 0 fully saturated rings. The molecule has 0 unspecified atom stereocenters. The van der Waals surface area contributed by atoms with Crippen LogP contribution in [0.3, 0.4) is 0 Å². The molecule has 0 amide bonds. The van der Waals surface area contributed by atoms with Crippen LogP contribution in [0, 0.1) is 5.92 Å². The average molecular weight is 312 g/mol. The fourth-order valence-electron chi connectivity index (χ4n) is 2.27. The van der Waals surface area contributed by atoms with Gasteiger partial charge in [0.1, 0.15) is 0 Å². The van der Waals surface area contributed by atoms with E-state index in [9.17, 15) is 0 Å². The second-order valence-electron chi connectivity index (χ2n) is 4.52. The summed E-state index contributed by atoms with van der Waals surface area (Å²) in [5, 5.41) is 5.72. The molecular weight excluding hydrogens is 290 g/mol. The van der Waals surface area contributed by atoms with Gasteiger partial charge in [0.25, 0.3) is 0 Å². The highest BCUT2D eigenvalue weighted by molar-refractivity contribution is 9.11. The predicted octanol–water partition coefficient (Wildman–Crippen LogP) is 4.67. The quantitative estimate of drug-likeness (QED) is 0.655. The van der Waals surface area contributed by atoms with Crippen LogP contribution in [0.2, 0.25) is 0 Å². The predicted molar refractivity (Wildman–Crippen MR) is 82.9 cm³/mol. The summed E-state index contributed by atoms with van der Waals surface area (Å²) in [4.78, 5) is 6.49. The van der Waals surface area contributed by atoms with Crippen molar-refractivity contribution < 1.29 is 0 Å². The van der Waals surface area contributed by atoms with Crippen molar-refractivity contribution in [2.45, 2.75) is 46.5 Å². The molecule has 0 saturated carbocycles. The van der Waals surface area contributed by atoms with Gasteiger partial charge in [0.15, 0.2) is 5.82 Å². The lowest BCUT2D eigenvalue weighted by Crippen LogP contribution is -2.23. The van der Waals surface area contributed by atoms with Gasteiger partial charge >= 0.3 is 0 Å². The van der Waals surface area contributed by atoms with E-state index in [0.29, 0.717) is 5.92 Å². The Kier molecular flexibility index (Phi) is 6.33. The van der Waals surface area contributed by atoms with Crippen LogP contribution in [0.4, 0.5) is 0 Å². The van der Waals surface area contributed by atoms with Crippen molar-refractivity contribution in [3.63, 3.8) is 0 Å². The van der Waals surface area contributed by atoms with Gasteiger partial charge in [0, 0.05) is 29.0 Å². The molecule has 0 N–H and O–H groups in total. The van der Waals surface area contributed by atoms with E-state index in [1.54, 1.807) is 9.99 Å². The van der Waals surface area contributed by atoms with Crippen molar-refractivity contribution in [3.05, 3.63) is 22.6 Å². The first-order valence-corrected chi connectivity index (χ1v) is 7.43. The van der Waals surface area contributed by atoms with E-state index in [4.69, 9.17) is 0 Å². The lowest BCUT2D eigenvalue weighted by atomic mass is 9.92. The number of aliphatic imine (C=N–C) groups is 1. The molecule has 1 rings (SSSR count). The van der Waals surface area contributed by atoms with Crippen LogP contribution in [0.25, 0.3) is 0 Å². The number of nitrogens with zero attached hydrogens (tertiary/aromatic N) is 3. The molecule has 1 aliphatic rings. The number of hydrogen-bond donors (Lipinski definition) is 0. The summed E-state index contributed by atoms with van der Waals surface area (Å²) in [5.41, 5.74) is 2.24. The van der Waals surface area contributed by atoms with Crippen molar-refractivity contribution in [2.24, 2.45) is 16.0 Å².